The van der Waals surface area contributed by atoms with Gasteiger partial charge in [0.1, 0.15) is 0 Å². The number of carbonyl (C=O) groups excluding carboxylic acids is 1. The van der Waals surface area contributed by atoms with E-state index in [4.69, 9.17) is 5.73 Å². The monoisotopic (exact) mass is 358 g/mol. The maximum Gasteiger partial charge on any atom is 0.231 e. The van der Waals surface area contributed by atoms with Gasteiger partial charge in [0.25, 0.3) is 0 Å². The van der Waals surface area contributed by atoms with E-state index in [1.807, 2.05) is 0 Å². The lowest BCUT2D eigenvalue weighted by Crippen LogP contribution is -2.30. The molecule has 138 valence electrons. The Morgan fingerprint density at radius 1 is 1.15 bits per heavy atom. The first-order valence-electron chi connectivity index (χ1n) is 9.73. The molecule has 1 aromatic rings. The van der Waals surface area contributed by atoms with Crippen molar-refractivity contribution in [2.45, 2.75) is 31.2 Å². The summed E-state index contributed by atoms with van der Waals surface area (Å²) in [5, 5.41) is 3.22. The summed E-state index contributed by atoms with van der Waals surface area (Å²) >= 11 is 0. The largest absolute Gasteiger partial charge is 0.369 e. The minimum atomic E-state index is -0.288. The Morgan fingerprint density at radius 2 is 2.00 bits per heavy atom. The SMILES string of the molecule is NC(=O)CNC1CC1C1=CCC(c2ccc(C3=CC=CC=CC3)cc2)C=C1. The zero-order valence-corrected chi connectivity index (χ0v) is 15.5. The average Bonchev–Trinajstić information content (AvgIpc) is 3.50. The van der Waals surface area contributed by atoms with Crippen molar-refractivity contribution in [3.05, 3.63) is 89.6 Å². The van der Waals surface area contributed by atoms with Gasteiger partial charge >= 0.3 is 0 Å². The third-order valence-electron chi connectivity index (χ3n) is 5.59. The van der Waals surface area contributed by atoms with Crippen LogP contribution in [0.25, 0.3) is 5.57 Å². The van der Waals surface area contributed by atoms with Gasteiger partial charge in [0.2, 0.25) is 5.91 Å². The van der Waals surface area contributed by atoms with E-state index in [2.05, 4.69) is 78.2 Å². The second-order valence-corrected chi connectivity index (χ2v) is 7.53. The Hall–Kier alpha value is -2.65. The molecule has 0 aromatic heterocycles. The fourth-order valence-electron chi connectivity index (χ4n) is 3.92. The lowest BCUT2D eigenvalue weighted by molar-refractivity contribution is -0.117. The third-order valence-corrected chi connectivity index (χ3v) is 5.59. The molecule has 3 aliphatic carbocycles. The molecule has 0 aliphatic heterocycles. The van der Waals surface area contributed by atoms with Gasteiger partial charge in [-0.3, -0.25) is 4.79 Å². The molecule has 3 N–H and O–H groups in total. The van der Waals surface area contributed by atoms with E-state index < -0.39 is 0 Å². The molecule has 1 saturated carbocycles. The number of hydrogen-bond acceptors (Lipinski definition) is 2. The summed E-state index contributed by atoms with van der Waals surface area (Å²) in [6.45, 7) is 0.273. The van der Waals surface area contributed by atoms with E-state index in [0.717, 1.165) is 19.3 Å². The van der Waals surface area contributed by atoms with Crippen LogP contribution < -0.4 is 11.1 Å². The van der Waals surface area contributed by atoms with Crippen molar-refractivity contribution in [3.63, 3.8) is 0 Å². The highest BCUT2D eigenvalue weighted by atomic mass is 16.1. The maximum atomic E-state index is 10.9. The van der Waals surface area contributed by atoms with Crippen molar-refractivity contribution in [3.8, 4) is 0 Å². The van der Waals surface area contributed by atoms with E-state index in [0.29, 0.717) is 17.9 Å². The van der Waals surface area contributed by atoms with Crippen LogP contribution in [0.15, 0.2) is 78.4 Å². The molecule has 3 nitrogen and oxygen atoms in total. The Kier molecular flexibility index (Phi) is 5.21. The summed E-state index contributed by atoms with van der Waals surface area (Å²) in [5.74, 6) is 0.692. The standard InChI is InChI=1S/C24H26N2O/c25-24(27)16-26-23-15-22(23)21-13-11-20(12-14-21)19-9-7-18(8-10-19)17-5-3-1-2-4-6-17/h1-5,7-11,13-14,20,22-23,26H,6,12,15-16H2,(H2,25,27). The first-order chi connectivity index (χ1) is 13.2. The molecule has 27 heavy (non-hydrogen) atoms. The van der Waals surface area contributed by atoms with Crippen molar-refractivity contribution in [1.29, 1.82) is 0 Å². The van der Waals surface area contributed by atoms with Crippen LogP contribution in [-0.4, -0.2) is 18.5 Å². The fraction of sp³-hybridized carbons (Fsp3) is 0.292. The molecule has 3 unspecified atom stereocenters. The van der Waals surface area contributed by atoms with E-state index in [1.54, 1.807) is 0 Å². The lowest BCUT2D eigenvalue weighted by Gasteiger charge is -2.17. The molecule has 0 spiro atoms. The van der Waals surface area contributed by atoms with Crippen LogP contribution in [0.3, 0.4) is 0 Å². The van der Waals surface area contributed by atoms with Gasteiger partial charge in [-0.15, -0.1) is 0 Å². The average molecular weight is 358 g/mol. The highest BCUT2D eigenvalue weighted by molar-refractivity contribution is 5.76. The van der Waals surface area contributed by atoms with Crippen LogP contribution in [0.2, 0.25) is 0 Å². The second-order valence-electron chi connectivity index (χ2n) is 7.53. The van der Waals surface area contributed by atoms with Gasteiger partial charge < -0.3 is 11.1 Å². The number of nitrogens with one attached hydrogen (secondary N) is 1. The number of nitrogens with two attached hydrogens (primary N) is 1. The molecule has 0 heterocycles. The molecule has 1 amide bonds. The molecule has 3 atom stereocenters. The van der Waals surface area contributed by atoms with Gasteiger partial charge in [-0.1, -0.05) is 72.9 Å². The number of allylic oxidation sites excluding steroid dienone is 9. The molecule has 3 aliphatic rings. The molecule has 1 fully saturated rings. The van der Waals surface area contributed by atoms with Crippen molar-refractivity contribution < 1.29 is 4.79 Å². The number of carbonyl (C=O) groups is 1. The van der Waals surface area contributed by atoms with E-state index in [1.165, 1.54) is 22.3 Å². The van der Waals surface area contributed by atoms with Crippen LogP contribution >= 0.6 is 0 Å². The number of primary amides is 1. The highest BCUT2D eigenvalue weighted by Gasteiger charge is 2.39. The van der Waals surface area contributed by atoms with Crippen molar-refractivity contribution in [1.82, 2.24) is 5.32 Å². The van der Waals surface area contributed by atoms with Gasteiger partial charge in [0.05, 0.1) is 6.54 Å². The number of rotatable bonds is 6. The minimum absolute atomic E-state index is 0.273. The van der Waals surface area contributed by atoms with Crippen LogP contribution in [0.5, 0.6) is 0 Å². The normalized spacial score (nSPS) is 26.3. The van der Waals surface area contributed by atoms with Gasteiger partial charge in [-0.2, -0.15) is 0 Å². The second kappa shape index (κ2) is 7.93. The van der Waals surface area contributed by atoms with Crippen LogP contribution in [0, 0.1) is 5.92 Å². The highest BCUT2D eigenvalue weighted by Crippen LogP contribution is 2.41. The zero-order chi connectivity index (χ0) is 18.6. The summed E-state index contributed by atoms with van der Waals surface area (Å²) in [7, 11) is 0. The maximum absolute atomic E-state index is 10.9. The smallest absolute Gasteiger partial charge is 0.231 e. The first kappa shape index (κ1) is 17.7. The predicted octanol–water partition coefficient (Wildman–Crippen LogP) is 4.02. The van der Waals surface area contributed by atoms with Crippen LogP contribution in [0.1, 0.15) is 36.3 Å². The molecular formula is C24H26N2O. The summed E-state index contributed by atoms with van der Waals surface area (Å²) in [6, 6.07) is 9.41. The molecule has 0 bridgehead atoms. The van der Waals surface area contributed by atoms with Crippen molar-refractivity contribution in [2.75, 3.05) is 6.54 Å². The zero-order valence-electron chi connectivity index (χ0n) is 15.5. The van der Waals surface area contributed by atoms with E-state index >= 15 is 0 Å². The fourth-order valence-corrected chi connectivity index (χ4v) is 3.92. The van der Waals surface area contributed by atoms with Gasteiger partial charge in [-0.05, 0) is 41.5 Å². The minimum Gasteiger partial charge on any atom is -0.369 e. The van der Waals surface area contributed by atoms with Crippen molar-refractivity contribution >= 4 is 11.5 Å². The van der Waals surface area contributed by atoms with Crippen LogP contribution in [0.4, 0.5) is 0 Å². The van der Waals surface area contributed by atoms with Crippen molar-refractivity contribution in [2.24, 2.45) is 11.7 Å². The van der Waals surface area contributed by atoms with E-state index in [-0.39, 0.29) is 12.5 Å². The molecular weight excluding hydrogens is 332 g/mol. The summed E-state index contributed by atoms with van der Waals surface area (Å²) < 4.78 is 0. The number of amides is 1. The summed E-state index contributed by atoms with van der Waals surface area (Å²) in [6.07, 6.45) is 20.7. The molecule has 0 saturated heterocycles. The first-order valence-corrected chi connectivity index (χ1v) is 9.73. The van der Waals surface area contributed by atoms with Gasteiger partial charge in [0, 0.05) is 17.9 Å². The Morgan fingerprint density at radius 3 is 2.74 bits per heavy atom. The predicted molar refractivity (Wildman–Crippen MR) is 111 cm³/mol. The molecule has 4 rings (SSSR count). The number of hydrogen-bond donors (Lipinski definition) is 2. The molecule has 3 heteroatoms. The topological polar surface area (TPSA) is 55.1 Å². The summed E-state index contributed by atoms with van der Waals surface area (Å²) in [4.78, 5) is 10.9. The molecule has 0 radical (unpaired) electrons. The third kappa shape index (κ3) is 4.37. The quantitative estimate of drug-likeness (QED) is 0.807. The van der Waals surface area contributed by atoms with Gasteiger partial charge in [-0.25, -0.2) is 0 Å². The van der Waals surface area contributed by atoms with Gasteiger partial charge in [0.15, 0.2) is 0 Å². The van der Waals surface area contributed by atoms with Crippen LogP contribution in [-0.2, 0) is 4.79 Å². The Labute approximate surface area is 161 Å². The Balaban J connectivity index is 1.35. The van der Waals surface area contributed by atoms with E-state index in [9.17, 15) is 4.79 Å². The number of benzene rings is 1. The summed E-state index contributed by atoms with van der Waals surface area (Å²) in [5.41, 5.74) is 10.6. The lowest BCUT2D eigenvalue weighted by atomic mass is 9.88. The Bertz CT molecular complexity index is 855. The molecule has 1 aromatic carbocycles.